The van der Waals surface area contributed by atoms with Crippen molar-refractivity contribution in [3.63, 3.8) is 0 Å². The Morgan fingerprint density at radius 2 is 2.14 bits per heavy atom. The number of hydrogen-bond donors (Lipinski definition) is 2. The van der Waals surface area contributed by atoms with Crippen molar-refractivity contribution in [2.24, 2.45) is 11.7 Å². The Balaban J connectivity index is 1.81. The first-order chi connectivity index (χ1) is 10.1. The highest BCUT2D eigenvalue weighted by atomic mass is 16.4. The van der Waals surface area contributed by atoms with E-state index in [1.807, 2.05) is 24.3 Å². The first-order valence-corrected chi connectivity index (χ1v) is 7.09. The maximum atomic E-state index is 12.3. The number of aryl methyl sites for hydroxylation is 1. The van der Waals surface area contributed by atoms with E-state index in [0.29, 0.717) is 17.5 Å². The molecule has 3 rings (SSSR count). The number of carbonyl (C=O) groups is 1. The molecule has 1 saturated carbocycles. The average Bonchev–Trinajstić information content (AvgIpc) is 3.08. The lowest BCUT2D eigenvalue weighted by Gasteiger charge is -2.12. The summed E-state index contributed by atoms with van der Waals surface area (Å²) in [5.41, 5.74) is 7.28. The summed E-state index contributed by atoms with van der Waals surface area (Å²) < 4.78 is 5.44. The van der Waals surface area contributed by atoms with Gasteiger partial charge in [0, 0.05) is 18.9 Å². The summed E-state index contributed by atoms with van der Waals surface area (Å²) in [4.78, 5) is 12.3. The molecular weight excluding hydrogens is 268 g/mol. The van der Waals surface area contributed by atoms with Gasteiger partial charge in [-0.05, 0) is 31.4 Å². The van der Waals surface area contributed by atoms with E-state index < -0.39 is 0 Å². The van der Waals surface area contributed by atoms with Crippen molar-refractivity contribution in [1.29, 1.82) is 0 Å². The lowest BCUT2D eigenvalue weighted by Crippen LogP contribution is -2.23. The second-order valence-corrected chi connectivity index (χ2v) is 5.43. The fourth-order valence-corrected chi connectivity index (χ4v) is 2.67. The van der Waals surface area contributed by atoms with Gasteiger partial charge in [0.25, 0.3) is 0 Å². The number of amides is 1. The van der Waals surface area contributed by atoms with Gasteiger partial charge >= 0.3 is 0 Å². The van der Waals surface area contributed by atoms with Gasteiger partial charge in [-0.25, -0.2) is 0 Å². The summed E-state index contributed by atoms with van der Waals surface area (Å²) in [7, 11) is 0. The van der Waals surface area contributed by atoms with E-state index in [2.05, 4.69) is 15.5 Å². The maximum absolute atomic E-state index is 12.3. The SMILES string of the molecule is Cc1nnc(-c2ccccc2NC(=O)C2CCC(N)C2)o1. The fraction of sp³-hybridized carbons (Fsp3) is 0.400. The van der Waals surface area contributed by atoms with Gasteiger partial charge in [-0.15, -0.1) is 10.2 Å². The Labute approximate surface area is 122 Å². The largest absolute Gasteiger partial charge is 0.421 e. The number of anilines is 1. The Kier molecular flexibility index (Phi) is 3.70. The number of rotatable bonds is 3. The third-order valence-corrected chi connectivity index (χ3v) is 3.79. The summed E-state index contributed by atoms with van der Waals surface area (Å²) in [6.07, 6.45) is 2.49. The molecule has 110 valence electrons. The summed E-state index contributed by atoms with van der Waals surface area (Å²) in [6.45, 7) is 1.73. The number of benzene rings is 1. The minimum Gasteiger partial charge on any atom is -0.421 e. The third kappa shape index (κ3) is 2.95. The predicted molar refractivity (Wildman–Crippen MR) is 78.4 cm³/mol. The molecule has 1 aliphatic rings. The van der Waals surface area contributed by atoms with Crippen LogP contribution in [0.5, 0.6) is 0 Å². The van der Waals surface area contributed by atoms with E-state index in [4.69, 9.17) is 10.2 Å². The number of hydrogen-bond acceptors (Lipinski definition) is 5. The van der Waals surface area contributed by atoms with Crippen molar-refractivity contribution in [3.8, 4) is 11.5 Å². The van der Waals surface area contributed by atoms with Gasteiger partial charge in [0.15, 0.2) is 0 Å². The van der Waals surface area contributed by atoms with E-state index >= 15 is 0 Å². The van der Waals surface area contributed by atoms with Crippen molar-refractivity contribution < 1.29 is 9.21 Å². The van der Waals surface area contributed by atoms with Crippen LogP contribution >= 0.6 is 0 Å². The summed E-state index contributed by atoms with van der Waals surface area (Å²) in [5, 5.41) is 10.8. The third-order valence-electron chi connectivity index (χ3n) is 3.79. The molecular formula is C15H18N4O2. The van der Waals surface area contributed by atoms with Gasteiger partial charge in [-0.2, -0.15) is 0 Å². The molecule has 0 radical (unpaired) electrons. The second kappa shape index (κ2) is 5.65. The minimum absolute atomic E-state index is 0.00615. The molecule has 6 heteroatoms. The molecule has 1 aromatic heterocycles. The van der Waals surface area contributed by atoms with Gasteiger partial charge in [-0.1, -0.05) is 12.1 Å². The molecule has 6 nitrogen and oxygen atoms in total. The topological polar surface area (TPSA) is 94.0 Å². The summed E-state index contributed by atoms with van der Waals surface area (Å²) in [5.74, 6) is 0.892. The molecule has 0 saturated heterocycles. The van der Waals surface area contributed by atoms with E-state index in [1.165, 1.54) is 0 Å². The molecule has 1 amide bonds. The first-order valence-electron chi connectivity index (χ1n) is 7.09. The molecule has 0 spiro atoms. The van der Waals surface area contributed by atoms with Crippen molar-refractivity contribution >= 4 is 11.6 Å². The number of nitrogens with two attached hydrogens (primary N) is 1. The van der Waals surface area contributed by atoms with Crippen LogP contribution in [0.15, 0.2) is 28.7 Å². The normalized spacial score (nSPS) is 21.4. The zero-order valence-corrected chi connectivity index (χ0v) is 11.9. The number of nitrogens with zero attached hydrogens (tertiary/aromatic N) is 2. The Hall–Kier alpha value is -2.21. The zero-order chi connectivity index (χ0) is 14.8. The second-order valence-electron chi connectivity index (χ2n) is 5.43. The fourth-order valence-electron chi connectivity index (χ4n) is 2.67. The van der Waals surface area contributed by atoms with Crippen molar-refractivity contribution in [2.45, 2.75) is 32.2 Å². The Morgan fingerprint density at radius 3 is 2.81 bits per heavy atom. The van der Waals surface area contributed by atoms with Crippen LogP contribution in [-0.2, 0) is 4.79 Å². The monoisotopic (exact) mass is 286 g/mol. The predicted octanol–water partition coefficient (Wildman–Crippen LogP) is 2.11. The molecule has 1 aliphatic carbocycles. The maximum Gasteiger partial charge on any atom is 0.249 e. The highest BCUT2D eigenvalue weighted by Gasteiger charge is 2.28. The molecule has 0 bridgehead atoms. The summed E-state index contributed by atoms with van der Waals surface area (Å²) in [6, 6.07) is 7.55. The van der Waals surface area contributed by atoms with Crippen molar-refractivity contribution in [1.82, 2.24) is 10.2 Å². The minimum atomic E-state index is -0.0162. The molecule has 1 aromatic carbocycles. The van der Waals surface area contributed by atoms with Crippen LogP contribution < -0.4 is 11.1 Å². The van der Waals surface area contributed by atoms with Gasteiger partial charge in [0.05, 0.1) is 11.3 Å². The standard InChI is InChI=1S/C15H18N4O2/c1-9-18-19-15(21-9)12-4-2-3-5-13(12)17-14(20)10-6-7-11(16)8-10/h2-5,10-11H,6-8,16H2,1H3,(H,17,20). The number of aromatic nitrogens is 2. The number of carbonyl (C=O) groups excluding carboxylic acids is 1. The van der Waals surface area contributed by atoms with E-state index in [1.54, 1.807) is 6.92 Å². The van der Waals surface area contributed by atoms with Crippen LogP contribution in [0.3, 0.4) is 0 Å². The zero-order valence-electron chi connectivity index (χ0n) is 11.9. The molecule has 1 fully saturated rings. The average molecular weight is 286 g/mol. The molecule has 21 heavy (non-hydrogen) atoms. The summed E-state index contributed by atoms with van der Waals surface area (Å²) >= 11 is 0. The quantitative estimate of drug-likeness (QED) is 0.901. The molecule has 0 aliphatic heterocycles. The molecule has 3 N–H and O–H groups in total. The van der Waals surface area contributed by atoms with Crippen molar-refractivity contribution in [2.75, 3.05) is 5.32 Å². The first kappa shape index (κ1) is 13.8. The molecule has 2 aromatic rings. The van der Waals surface area contributed by atoms with E-state index in [0.717, 1.165) is 24.8 Å². The van der Waals surface area contributed by atoms with Crippen LogP contribution in [-0.4, -0.2) is 22.1 Å². The van der Waals surface area contributed by atoms with Crippen LogP contribution in [0, 0.1) is 12.8 Å². The lowest BCUT2D eigenvalue weighted by molar-refractivity contribution is -0.119. The highest BCUT2D eigenvalue weighted by Crippen LogP contribution is 2.29. The van der Waals surface area contributed by atoms with Crippen LogP contribution in [0.4, 0.5) is 5.69 Å². The van der Waals surface area contributed by atoms with Crippen molar-refractivity contribution in [3.05, 3.63) is 30.2 Å². The van der Waals surface area contributed by atoms with Gasteiger partial charge in [0.1, 0.15) is 0 Å². The van der Waals surface area contributed by atoms with Crippen LogP contribution in [0.25, 0.3) is 11.5 Å². The van der Waals surface area contributed by atoms with E-state index in [9.17, 15) is 4.79 Å². The molecule has 2 atom stereocenters. The van der Waals surface area contributed by atoms with Crippen LogP contribution in [0.1, 0.15) is 25.2 Å². The van der Waals surface area contributed by atoms with Crippen LogP contribution in [0.2, 0.25) is 0 Å². The Bertz CT molecular complexity index is 653. The van der Waals surface area contributed by atoms with Gasteiger partial charge in [0.2, 0.25) is 17.7 Å². The molecule has 2 unspecified atom stereocenters. The van der Waals surface area contributed by atoms with Gasteiger partial charge < -0.3 is 15.5 Å². The highest BCUT2D eigenvalue weighted by molar-refractivity contribution is 5.96. The smallest absolute Gasteiger partial charge is 0.249 e. The van der Waals surface area contributed by atoms with E-state index in [-0.39, 0.29) is 17.9 Å². The number of nitrogens with one attached hydrogen (secondary N) is 1. The lowest BCUT2D eigenvalue weighted by atomic mass is 10.1. The van der Waals surface area contributed by atoms with Gasteiger partial charge in [-0.3, -0.25) is 4.79 Å². The number of para-hydroxylation sites is 1. The Morgan fingerprint density at radius 1 is 1.33 bits per heavy atom. The molecule has 1 heterocycles.